The highest BCUT2D eigenvalue weighted by molar-refractivity contribution is 6.30. The molecule has 0 spiro atoms. The molecule has 4 amide bonds. The number of ether oxygens (including phenoxy) is 1. The number of nitrogens with zero attached hydrogens (tertiary/aromatic N) is 1. The third kappa shape index (κ3) is 4.13. The number of hydrogen-bond acceptors (Lipinski definition) is 5. The fourth-order valence-electron chi connectivity index (χ4n) is 4.63. The summed E-state index contributed by atoms with van der Waals surface area (Å²) in [6.45, 7) is 1.17. The number of halogens is 3. The Labute approximate surface area is 198 Å². The molecule has 0 radical (unpaired) electrons. The zero-order chi connectivity index (χ0) is 24.0. The zero-order valence-corrected chi connectivity index (χ0v) is 18.7. The van der Waals surface area contributed by atoms with E-state index in [2.05, 4.69) is 16.0 Å². The van der Waals surface area contributed by atoms with Crippen molar-refractivity contribution in [1.29, 1.82) is 0 Å². The SMILES string of the molecule is O=C1CCC(c2c(F)cc(N3CC(NC(=O)Nc4cc(Cl)ccc4F)C3)c3c2CCO3)C(=O)N1. The molecular formula is C23H21ClF2N4O4. The summed E-state index contributed by atoms with van der Waals surface area (Å²) < 4.78 is 34.8. The maximum atomic E-state index is 15.2. The molecule has 0 aliphatic carbocycles. The van der Waals surface area contributed by atoms with E-state index in [0.29, 0.717) is 53.7 Å². The van der Waals surface area contributed by atoms with Gasteiger partial charge in [-0.15, -0.1) is 0 Å². The number of benzene rings is 2. The first kappa shape index (κ1) is 22.4. The molecule has 2 saturated heterocycles. The van der Waals surface area contributed by atoms with Crippen LogP contribution >= 0.6 is 11.6 Å². The van der Waals surface area contributed by atoms with E-state index < -0.39 is 29.5 Å². The van der Waals surface area contributed by atoms with Crippen LogP contribution in [0.1, 0.15) is 29.9 Å². The van der Waals surface area contributed by atoms with Crippen LogP contribution in [0.5, 0.6) is 5.75 Å². The van der Waals surface area contributed by atoms with Gasteiger partial charge in [-0.3, -0.25) is 14.9 Å². The monoisotopic (exact) mass is 490 g/mol. The second-order valence-corrected chi connectivity index (χ2v) is 8.96. The van der Waals surface area contributed by atoms with Crippen LogP contribution in [-0.4, -0.2) is 43.6 Å². The average molecular weight is 491 g/mol. The molecule has 2 aromatic rings. The predicted octanol–water partition coefficient (Wildman–Crippen LogP) is 3.08. The fraction of sp³-hybridized carbons (Fsp3) is 0.348. The Morgan fingerprint density at radius 2 is 1.94 bits per heavy atom. The van der Waals surface area contributed by atoms with Gasteiger partial charge >= 0.3 is 6.03 Å². The smallest absolute Gasteiger partial charge is 0.319 e. The van der Waals surface area contributed by atoms with Gasteiger partial charge in [0.1, 0.15) is 17.4 Å². The lowest BCUT2D eigenvalue weighted by Crippen LogP contribution is -2.60. The molecule has 1 atom stereocenters. The number of piperidine rings is 1. The van der Waals surface area contributed by atoms with Crippen molar-refractivity contribution < 1.29 is 27.9 Å². The molecule has 2 aromatic carbocycles. The maximum absolute atomic E-state index is 15.2. The molecule has 178 valence electrons. The van der Waals surface area contributed by atoms with Crippen molar-refractivity contribution in [2.75, 3.05) is 29.9 Å². The number of carbonyl (C=O) groups is 3. The Balaban J connectivity index is 1.27. The van der Waals surface area contributed by atoms with E-state index in [1.54, 1.807) is 0 Å². The summed E-state index contributed by atoms with van der Waals surface area (Å²) in [7, 11) is 0. The fourth-order valence-corrected chi connectivity index (χ4v) is 4.81. The van der Waals surface area contributed by atoms with Gasteiger partial charge in [0, 0.05) is 48.1 Å². The molecule has 3 aliphatic heterocycles. The highest BCUT2D eigenvalue weighted by Gasteiger charge is 2.38. The summed E-state index contributed by atoms with van der Waals surface area (Å²) >= 11 is 5.84. The Bertz CT molecular complexity index is 1200. The van der Waals surface area contributed by atoms with Crippen LogP contribution in [0.3, 0.4) is 0 Å². The van der Waals surface area contributed by atoms with Gasteiger partial charge in [0.15, 0.2) is 0 Å². The minimum atomic E-state index is -0.733. The summed E-state index contributed by atoms with van der Waals surface area (Å²) in [5, 5.41) is 7.75. The summed E-state index contributed by atoms with van der Waals surface area (Å²) in [4.78, 5) is 37.9. The minimum Gasteiger partial charge on any atom is -0.491 e. The van der Waals surface area contributed by atoms with E-state index in [1.165, 1.54) is 18.2 Å². The molecule has 34 heavy (non-hydrogen) atoms. The maximum Gasteiger partial charge on any atom is 0.319 e. The molecule has 3 heterocycles. The van der Waals surface area contributed by atoms with Crippen molar-refractivity contribution in [3.05, 3.63) is 52.0 Å². The lowest BCUT2D eigenvalue weighted by molar-refractivity contribution is -0.134. The number of fused-ring (bicyclic) bond motifs is 1. The summed E-state index contributed by atoms with van der Waals surface area (Å²) in [5.74, 6) is -2.17. The first-order valence-corrected chi connectivity index (χ1v) is 11.3. The molecule has 2 fully saturated rings. The van der Waals surface area contributed by atoms with Crippen LogP contribution in [-0.2, 0) is 16.0 Å². The zero-order valence-electron chi connectivity index (χ0n) is 17.9. The number of nitrogens with one attached hydrogen (secondary N) is 3. The van der Waals surface area contributed by atoms with Crippen molar-refractivity contribution in [3.8, 4) is 5.75 Å². The molecule has 1 unspecified atom stereocenters. The standard InChI is InChI=1S/C23H21ClF2N4O4/c24-11-1-3-15(25)17(7-11)28-23(33)27-12-9-30(10-12)18-8-16(26)20(13-5-6-34-21(13)18)14-2-4-19(31)29-22(14)32/h1,3,7-8,12,14H,2,4-6,9-10H2,(H2,27,28,33)(H,29,31,32). The van der Waals surface area contributed by atoms with Crippen LogP contribution in [0.15, 0.2) is 24.3 Å². The third-order valence-corrected chi connectivity index (χ3v) is 6.51. The molecule has 0 saturated carbocycles. The van der Waals surface area contributed by atoms with Crippen LogP contribution in [0.2, 0.25) is 5.02 Å². The Morgan fingerprint density at radius 1 is 1.15 bits per heavy atom. The van der Waals surface area contributed by atoms with Gasteiger partial charge in [-0.05, 0) is 24.6 Å². The number of urea groups is 1. The van der Waals surface area contributed by atoms with Crippen LogP contribution in [0.4, 0.5) is 25.0 Å². The number of carbonyl (C=O) groups excluding carboxylic acids is 3. The van der Waals surface area contributed by atoms with E-state index in [9.17, 15) is 18.8 Å². The first-order chi connectivity index (χ1) is 16.3. The van der Waals surface area contributed by atoms with E-state index in [0.717, 1.165) is 6.07 Å². The van der Waals surface area contributed by atoms with Crippen molar-refractivity contribution in [2.45, 2.75) is 31.2 Å². The quantitative estimate of drug-likeness (QED) is 0.572. The molecular weight excluding hydrogens is 470 g/mol. The number of imide groups is 1. The number of rotatable bonds is 4. The van der Waals surface area contributed by atoms with Gasteiger partial charge in [0.2, 0.25) is 11.8 Å². The second-order valence-electron chi connectivity index (χ2n) is 8.53. The molecule has 11 heteroatoms. The van der Waals surface area contributed by atoms with Crippen LogP contribution in [0.25, 0.3) is 0 Å². The normalized spacial score (nSPS) is 19.7. The van der Waals surface area contributed by atoms with Gasteiger partial charge in [0.05, 0.1) is 29.9 Å². The van der Waals surface area contributed by atoms with Gasteiger partial charge in [-0.25, -0.2) is 13.6 Å². The number of amides is 4. The van der Waals surface area contributed by atoms with Gasteiger partial charge in [-0.2, -0.15) is 0 Å². The van der Waals surface area contributed by atoms with Crippen molar-refractivity contribution in [2.24, 2.45) is 0 Å². The van der Waals surface area contributed by atoms with Gasteiger partial charge < -0.3 is 20.3 Å². The first-order valence-electron chi connectivity index (χ1n) is 10.9. The van der Waals surface area contributed by atoms with E-state index in [4.69, 9.17) is 16.3 Å². The largest absolute Gasteiger partial charge is 0.491 e. The van der Waals surface area contributed by atoms with E-state index in [1.807, 2.05) is 4.90 Å². The number of anilines is 2. The number of hydrogen-bond donors (Lipinski definition) is 3. The molecule has 3 aliphatic rings. The van der Waals surface area contributed by atoms with E-state index >= 15 is 4.39 Å². The Morgan fingerprint density at radius 3 is 2.71 bits per heavy atom. The molecule has 8 nitrogen and oxygen atoms in total. The van der Waals surface area contributed by atoms with Crippen molar-refractivity contribution in [3.63, 3.8) is 0 Å². The minimum absolute atomic E-state index is 0.0292. The van der Waals surface area contributed by atoms with Crippen molar-refractivity contribution >= 4 is 40.8 Å². The van der Waals surface area contributed by atoms with Gasteiger partial charge in [0.25, 0.3) is 0 Å². The molecule has 0 aromatic heterocycles. The summed E-state index contributed by atoms with van der Waals surface area (Å²) in [6, 6.07) is 4.40. The third-order valence-electron chi connectivity index (χ3n) is 6.27. The Hall–Kier alpha value is -3.40. The second kappa shape index (κ2) is 8.75. The topological polar surface area (TPSA) is 99.8 Å². The average Bonchev–Trinajstić information content (AvgIpc) is 3.23. The molecule has 5 rings (SSSR count). The van der Waals surface area contributed by atoms with E-state index in [-0.39, 0.29) is 30.5 Å². The predicted molar refractivity (Wildman–Crippen MR) is 120 cm³/mol. The van der Waals surface area contributed by atoms with Gasteiger partial charge in [-0.1, -0.05) is 11.6 Å². The highest BCUT2D eigenvalue weighted by Crippen LogP contribution is 2.44. The van der Waals surface area contributed by atoms with Crippen LogP contribution < -0.4 is 25.6 Å². The lowest BCUT2D eigenvalue weighted by Gasteiger charge is -2.42. The summed E-state index contributed by atoms with van der Waals surface area (Å²) in [5.41, 5.74) is 1.47. The molecule has 0 bridgehead atoms. The lowest BCUT2D eigenvalue weighted by atomic mass is 9.85. The molecule has 3 N–H and O–H groups in total. The Kier molecular flexibility index (Phi) is 5.76. The van der Waals surface area contributed by atoms with Crippen molar-refractivity contribution in [1.82, 2.24) is 10.6 Å². The van der Waals surface area contributed by atoms with Crippen LogP contribution in [0, 0.1) is 11.6 Å². The summed E-state index contributed by atoms with van der Waals surface area (Å²) in [6.07, 6.45) is 0.884. The highest BCUT2D eigenvalue weighted by atomic mass is 35.5.